The molecule has 0 unspecified atom stereocenters. The molecule has 2 heteroatoms. The summed E-state index contributed by atoms with van der Waals surface area (Å²) in [5.41, 5.74) is 5.22. The summed E-state index contributed by atoms with van der Waals surface area (Å²) >= 11 is 0. The third-order valence-electron chi connectivity index (χ3n) is 4.94. The van der Waals surface area contributed by atoms with Gasteiger partial charge in [-0.1, -0.05) is 61.6 Å². The number of fused-ring (bicyclic) bond motifs is 1. The molecule has 0 spiro atoms. The second-order valence-corrected chi connectivity index (χ2v) is 7.10. The van der Waals surface area contributed by atoms with E-state index in [1.54, 1.807) is 0 Å². The maximum absolute atomic E-state index is 13.5. The van der Waals surface area contributed by atoms with Crippen molar-refractivity contribution in [3.63, 3.8) is 0 Å². The van der Waals surface area contributed by atoms with Gasteiger partial charge in [0.2, 0.25) is 0 Å². The summed E-state index contributed by atoms with van der Waals surface area (Å²) < 4.78 is 26.9. The minimum absolute atomic E-state index is 0.678. The van der Waals surface area contributed by atoms with Crippen molar-refractivity contribution in [3.05, 3.63) is 107 Å². The van der Waals surface area contributed by atoms with Crippen molar-refractivity contribution in [2.75, 3.05) is 0 Å². The Kier molecular flexibility index (Phi) is 5.40. The van der Waals surface area contributed by atoms with Crippen molar-refractivity contribution < 1.29 is 8.78 Å². The first-order valence-electron chi connectivity index (χ1n) is 9.72. The predicted octanol–water partition coefficient (Wildman–Crippen LogP) is 7.14. The molecule has 0 aliphatic heterocycles. The Morgan fingerprint density at radius 3 is 1.79 bits per heavy atom. The number of aryl methyl sites for hydroxylation is 1. The summed E-state index contributed by atoms with van der Waals surface area (Å²) in [4.78, 5) is 0. The monoisotopic (exact) mass is 382 g/mol. The van der Waals surface area contributed by atoms with Gasteiger partial charge in [-0.15, -0.1) is 0 Å². The summed E-state index contributed by atoms with van der Waals surface area (Å²) in [6.45, 7) is 2.17. The van der Waals surface area contributed by atoms with Gasteiger partial charge in [-0.05, 0) is 76.3 Å². The highest BCUT2D eigenvalue weighted by Crippen LogP contribution is 2.26. The van der Waals surface area contributed by atoms with Gasteiger partial charge in [0.05, 0.1) is 0 Å². The molecule has 0 atom stereocenters. The fourth-order valence-corrected chi connectivity index (χ4v) is 3.36. The molecule has 0 bridgehead atoms. The zero-order chi connectivity index (χ0) is 20.2. The second-order valence-electron chi connectivity index (χ2n) is 7.10. The van der Waals surface area contributed by atoms with Crippen molar-refractivity contribution in [2.24, 2.45) is 0 Å². The highest BCUT2D eigenvalue weighted by Gasteiger charge is 2.05. The molecule has 0 nitrogen and oxygen atoms in total. The number of hydrogen-bond acceptors (Lipinski definition) is 0. The van der Waals surface area contributed by atoms with E-state index in [-0.39, 0.29) is 0 Å². The van der Waals surface area contributed by atoms with Crippen LogP contribution in [0.1, 0.15) is 30.0 Å². The van der Waals surface area contributed by atoms with Gasteiger partial charge in [-0.25, -0.2) is 8.78 Å². The summed E-state index contributed by atoms with van der Waals surface area (Å²) in [7, 11) is 0. The number of rotatable bonds is 3. The van der Waals surface area contributed by atoms with Crippen LogP contribution in [0.2, 0.25) is 0 Å². The average molecular weight is 382 g/mol. The van der Waals surface area contributed by atoms with Crippen molar-refractivity contribution in [2.45, 2.75) is 19.8 Å². The Morgan fingerprint density at radius 2 is 1.17 bits per heavy atom. The van der Waals surface area contributed by atoms with E-state index in [4.69, 9.17) is 0 Å². The Morgan fingerprint density at radius 1 is 0.621 bits per heavy atom. The largest absolute Gasteiger partial charge is 0.204 e. The van der Waals surface area contributed by atoms with Crippen LogP contribution in [-0.2, 0) is 6.42 Å². The van der Waals surface area contributed by atoms with Crippen LogP contribution >= 0.6 is 0 Å². The lowest BCUT2D eigenvalue weighted by atomic mass is 10.00. The predicted molar refractivity (Wildman–Crippen MR) is 116 cm³/mol. The van der Waals surface area contributed by atoms with E-state index in [1.165, 1.54) is 17.7 Å². The molecule has 4 aromatic carbocycles. The lowest BCUT2D eigenvalue weighted by Crippen LogP contribution is -1.86. The van der Waals surface area contributed by atoms with Crippen LogP contribution in [0.3, 0.4) is 0 Å². The molecule has 0 heterocycles. The fraction of sp³-hybridized carbons (Fsp3) is 0.111. The lowest BCUT2D eigenvalue weighted by Gasteiger charge is -2.05. The number of benzene rings is 4. The Balaban J connectivity index is 1.55. The molecule has 0 aliphatic rings. The molecular formula is C27H20F2. The van der Waals surface area contributed by atoms with Crippen LogP contribution in [0.25, 0.3) is 21.9 Å². The van der Waals surface area contributed by atoms with Gasteiger partial charge in [0.15, 0.2) is 11.6 Å². The van der Waals surface area contributed by atoms with Gasteiger partial charge in [-0.2, -0.15) is 0 Å². The summed E-state index contributed by atoms with van der Waals surface area (Å²) in [6.07, 6.45) is 2.23. The maximum Gasteiger partial charge on any atom is 0.159 e. The molecule has 0 amide bonds. The van der Waals surface area contributed by atoms with E-state index in [2.05, 4.69) is 43.0 Å². The van der Waals surface area contributed by atoms with Gasteiger partial charge >= 0.3 is 0 Å². The maximum atomic E-state index is 13.5. The fourth-order valence-electron chi connectivity index (χ4n) is 3.36. The van der Waals surface area contributed by atoms with Gasteiger partial charge in [-0.3, -0.25) is 0 Å². The smallest absolute Gasteiger partial charge is 0.159 e. The minimum Gasteiger partial charge on any atom is -0.204 e. The van der Waals surface area contributed by atoms with Gasteiger partial charge in [0, 0.05) is 11.1 Å². The zero-order valence-electron chi connectivity index (χ0n) is 16.2. The quantitative estimate of drug-likeness (QED) is 0.330. The standard InChI is InChI=1S/C27H20F2/c1-2-3-19-4-6-20(7-5-19)8-9-21-10-12-22(13-11-21)23-14-15-24-17-26(28)27(29)18-25(24)16-23/h4-7,10-18H,2-3H2,1H3. The molecule has 0 aliphatic carbocycles. The van der Waals surface area contributed by atoms with Gasteiger partial charge in [0.25, 0.3) is 0 Å². The number of hydrogen-bond donors (Lipinski definition) is 0. The first-order valence-corrected chi connectivity index (χ1v) is 9.72. The zero-order valence-corrected chi connectivity index (χ0v) is 16.2. The molecule has 29 heavy (non-hydrogen) atoms. The molecule has 4 aromatic rings. The highest BCUT2D eigenvalue weighted by molar-refractivity contribution is 5.87. The molecule has 142 valence electrons. The van der Waals surface area contributed by atoms with Gasteiger partial charge < -0.3 is 0 Å². The second kappa shape index (κ2) is 8.29. The third-order valence-corrected chi connectivity index (χ3v) is 4.94. The first kappa shape index (κ1) is 18.9. The number of halogens is 2. The van der Waals surface area contributed by atoms with E-state index < -0.39 is 11.6 Å². The molecule has 4 rings (SSSR count). The molecule has 0 N–H and O–H groups in total. The summed E-state index contributed by atoms with van der Waals surface area (Å²) in [6, 6.07) is 24.4. The third kappa shape index (κ3) is 4.36. The Bertz CT molecular complexity index is 1210. The van der Waals surface area contributed by atoms with Crippen LogP contribution in [-0.4, -0.2) is 0 Å². The van der Waals surface area contributed by atoms with Crippen LogP contribution in [0, 0.1) is 23.5 Å². The summed E-state index contributed by atoms with van der Waals surface area (Å²) in [5.74, 6) is 4.73. The van der Waals surface area contributed by atoms with E-state index in [0.29, 0.717) is 10.8 Å². The lowest BCUT2D eigenvalue weighted by molar-refractivity contribution is 0.511. The first-order chi connectivity index (χ1) is 14.1. The highest BCUT2D eigenvalue weighted by atomic mass is 19.2. The average Bonchev–Trinajstić information content (AvgIpc) is 2.74. The van der Waals surface area contributed by atoms with E-state index in [9.17, 15) is 8.78 Å². The SMILES string of the molecule is CCCc1ccc(C#Cc2ccc(-c3ccc4cc(F)c(F)cc4c3)cc2)cc1. The molecule has 0 saturated heterocycles. The normalized spacial score (nSPS) is 10.6. The van der Waals surface area contributed by atoms with Gasteiger partial charge in [0.1, 0.15) is 0 Å². The molecule has 0 fully saturated rings. The van der Waals surface area contributed by atoms with Crippen LogP contribution in [0.15, 0.2) is 78.9 Å². The van der Waals surface area contributed by atoms with Crippen LogP contribution < -0.4 is 0 Å². The molecular weight excluding hydrogens is 362 g/mol. The molecule has 0 aromatic heterocycles. The van der Waals surface area contributed by atoms with Crippen molar-refractivity contribution >= 4 is 10.8 Å². The van der Waals surface area contributed by atoms with Crippen molar-refractivity contribution in [1.29, 1.82) is 0 Å². The van der Waals surface area contributed by atoms with E-state index in [0.717, 1.165) is 35.1 Å². The Labute approximate surface area is 169 Å². The van der Waals surface area contributed by atoms with E-state index >= 15 is 0 Å². The topological polar surface area (TPSA) is 0 Å². The van der Waals surface area contributed by atoms with E-state index in [1.807, 2.05) is 42.5 Å². The van der Waals surface area contributed by atoms with Crippen LogP contribution in [0.5, 0.6) is 0 Å². The molecule has 0 radical (unpaired) electrons. The molecule has 0 saturated carbocycles. The summed E-state index contributed by atoms with van der Waals surface area (Å²) in [5, 5.41) is 1.36. The Hall–Kier alpha value is -3.44. The van der Waals surface area contributed by atoms with Crippen molar-refractivity contribution in [3.8, 4) is 23.0 Å². The van der Waals surface area contributed by atoms with Crippen molar-refractivity contribution in [1.82, 2.24) is 0 Å². The minimum atomic E-state index is -0.831. The van der Waals surface area contributed by atoms with Crippen LogP contribution in [0.4, 0.5) is 8.78 Å².